The van der Waals surface area contributed by atoms with Gasteiger partial charge < -0.3 is 44.1 Å². The number of hydrogen-bond acceptors (Lipinski definition) is 11. The first-order valence-electron chi connectivity index (χ1n) is 21.5. The molecule has 6 aliphatic carbocycles. The number of piperidine rings is 2. The molecule has 0 aromatic heterocycles. The van der Waals surface area contributed by atoms with Crippen LogP contribution in [-0.4, -0.2) is 131 Å². The lowest BCUT2D eigenvalue weighted by Crippen LogP contribution is -2.77. The van der Waals surface area contributed by atoms with Crippen molar-refractivity contribution in [2.45, 2.75) is 136 Å². The summed E-state index contributed by atoms with van der Waals surface area (Å²) in [7, 11) is 0. The summed E-state index contributed by atoms with van der Waals surface area (Å²) in [4.78, 5) is 5.11. The molecule has 2 spiro atoms. The number of aromatic hydroxyl groups is 2. The van der Waals surface area contributed by atoms with Gasteiger partial charge in [0.25, 0.3) is 0 Å². The van der Waals surface area contributed by atoms with Crippen LogP contribution in [0.1, 0.15) is 86.5 Å². The fourth-order valence-corrected chi connectivity index (χ4v) is 13.8. The second kappa shape index (κ2) is 12.0. The molecule has 4 saturated carbocycles. The van der Waals surface area contributed by atoms with Gasteiger partial charge in [-0.15, -0.1) is 0 Å². The van der Waals surface area contributed by atoms with E-state index in [1.54, 1.807) is 12.1 Å². The first-order valence-corrected chi connectivity index (χ1v) is 21.5. The van der Waals surface area contributed by atoms with Gasteiger partial charge in [-0.2, -0.15) is 0 Å². The van der Waals surface area contributed by atoms with Crippen LogP contribution in [0.15, 0.2) is 24.3 Å². The number of phenolic OH excluding ortho intramolecular Hbond substituents is 2. The highest BCUT2D eigenvalue weighted by Crippen LogP contribution is 2.67. The monoisotopic (exact) mass is 756 g/mol. The molecule has 4 N–H and O–H groups in total. The number of hydrogen-bond donors (Lipinski definition) is 4. The van der Waals surface area contributed by atoms with Crippen LogP contribution in [0.4, 0.5) is 0 Å². The molecule has 2 aromatic carbocycles. The first kappa shape index (κ1) is 34.4. The Kier molecular flexibility index (Phi) is 7.48. The molecule has 0 amide bonds. The Hall–Kier alpha value is -2.64. The Morgan fingerprint density at radius 1 is 0.600 bits per heavy atom. The fourth-order valence-electron chi connectivity index (χ4n) is 13.8. The highest BCUT2D eigenvalue weighted by atomic mass is 16.6. The van der Waals surface area contributed by atoms with E-state index >= 15 is 0 Å². The molecule has 10 aliphatic rings. The van der Waals surface area contributed by atoms with E-state index in [1.807, 2.05) is 12.1 Å². The molecule has 0 radical (unpaired) electrons. The SMILES string of the molecule is Oc1ccc2c3c1O[C@H]1C(OCCOCCOC4CC[C@@]5(O)C6Cc7ccc(O)c8c7[C@@]5(CCN6CC5CC5)[C@H]4O8)CC[C@@]4(O)C(C2)N(CC2CC2)CC[C@]314. The molecule has 10 atom stereocenters. The van der Waals surface area contributed by atoms with Crippen molar-refractivity contribution in [3.8, 4) is 23.0 Å². The van der Waals surface area contributed by atoms with E-state index in [9.17, 15) is 20.4 Å². The van der Waals surface area contributed by atoms with E-state index < -0.39 is 22.0 Å². The predicted octanol–water partition coefficient (Wildman–Crippen LogP) is 3.71. The smallest absolute Gasteiger partial charge is 0.165 e. The van der Waals surface area contributed by atoms with Crippen molar-refractivity contribution < 1.29 is 44.1 Å². The Morgan fingerprint density at radius 3 is 1.49 bits per heavy atom. The molecule has 2 saturated heterocycles. The van der Waals surface area contributed by atoms with Gasteiger partial charge in [-0.1, -0.05) is 12.1 Å². The van der Waals surface area contributed by atoms with Crippen molar-refractivity contribution >= 4 is 0 Å². The van der Waals surface area contributed by atoms with Gasteiger partial charge in [0.1, 0.15) is 12.2 Å². The standard InChI is InChI=1S/C44H56N2O9/c47-29-7-5-27-21-33-43(49)11-9-31(39-41(43,35(27)37(29)54-39)13-15-45(33)23-25-1-2-25)52-19-17-51-18-20-53-32-10-12-44(50)34-22-28-6-8-30(48)38-36(28)42(44,40(32)55-38)14-16-46(34)24-26-3-4-26/h5-8,25-26,31-34,39-40,47-50H,1-4,9-24H2/t31?,32?,33?,34?,39-,40-,41-,42-,43+,44+/m0/s1. The number of rotatable bonds is 12. The molecule has 2 aromatic rings. The van der Waals surface area contributed by atoms with E-state index in [2.05, 4.69) is 9.80 Å². The predicted molar refractivity (Wildman–Crippen MR) is 200 cm³/mol. The summed E-state index contributed by atoms with van der Waals surface area (Å²) in [5.41, 5.74) is 1.43. The van der Waals surface area contributed by atoms with Crippen LogP contribution in [0.25, 0.3) is 0 Å². The Morgan fingerprint density at radius 2 is 1.05 bits per heavy atom. The van der Waals surface area contributed by atoms with Crippen molar-refractivity contribution in [2.75, 3.05) is 52.6 Å². The lowest BCUT2D eigenvalue weighted by molar-refractivity contribution is -0.218. The third-order valence-corrected chi connectivity index (χ3v) is 16.5. The summed E-state index contributed by atoms with van der Waals surface area (Å²) in [5.74, 6) is 2.91. The van der Waals surface area contributed by atoms with E-state index in [1.165, 1.54) is 36.8 Å². The number of aliphatic hydroxyl groups is 2. The summed E-state index contributed by atoms with van der Waals surface area (Å²) in [6, 6.07) is 7.71. The Bertz CT molecular complexity index is 1770. The van der Waals surface area contributed by atoms with Crippen LogP contribution in [0, 0.1) is 11.8 Å². The van der Waals surface area contributed by atoms with E-state index in [-0.39, 0.29) is 48.0 Å². The van der Waals surface area contributed by atoms with Crippen LogP contribution >= 0.6 is 0 Å². The molecule has 11 heteroatoms. The minimum absolute atomic E-state index is 0.0500. The number of phenols is 2. The molecule has 4 aliphatic heterocycles. The van der Waals surface area contributed by atoms with Gasteiger partial charge in [-0.3, -0.25) is 9.80 Å². The van der Waals surface area contributed by atoms with Crippen LogP contribution in [0.5, 0.6) is 23.0 Å². The average Bonchev–Trinajstić information content (AvgIpc) is 4.10. The van der Waals surface area contributed by atoms with Crippen molar-refractivity contribution in [3.05, 3.63) is 46.5 Å². The Labute approximate surface area is 322 Å². The summed E-state index contributed by atoms with van der Waals surface area (Å²) >= 11 is 0. The lowest BCUT2D eigenvalue weighted by Gasteiger charge is -2.64. The van der Waals surface area contributed by atoms with Crippen LogP contribution in [0.3, 0.4) is 0 Å². The minimum Gasteiger partial charge on any atom is -0.504 e. The van der Waals surface area contributed by atoms with E-state index in [0.717, 1.165) is 74.8 Å². The van der Waals surface area contributed by atoms with Gasteiger partial charge in [0.05, 0.1) is 60.7 Å². The lowest BCUT2D eigenvalue weighted by atomic mass is 9.48. The van der Waals surface area contributed by atoms with Crippen molar-refractivity contribution in [3.63, 3.8) is 0 Å². The second-order valence-electron chi connectivity index (χ2n) is 19.1. The quantitative estimate of drug-likeness (QED) is 0.237. The topological polar surface area (TPSA) is 134 Å². The number of nitrogens with zero attached hydrogens (tertiary/aromatic N) is 2. The highest BCUT2D eigenvalue weighted by molar-refractivity contribution is 5.64. The summed E-state index contributed by atoms with van der Waals surface area (Å²) in [6.45, 7) is 5.57. The van der Waals surface area contributed by atoms with Crippen LogP contribution in [-0.2, 0) is 37.9 Å². The fraction of sp³-hybridized carbons (Fsp3) is 0.727. The number of likely N-dealkylation sites (tertiary alicyclic amines) is 2. The molecule has 4 heterocycles. The Balaban J connectivity index is 0.696. The molecule has 4 bridgehead atoms. The van der Waals surface area contributed by atoms with Gasteiger partial charge in [0, 0.05) is 36.3 Å². The van der Waals surface area contributed by atoms with Crippen molar-refractivity contribution in [1.82, 2.24) is 9.80 Å². The summed E-state index contributed by atoms with van der Waals surface area (Å²) in [6.07, 6.45) is 9.87. The minimum atomic E-state index is -0.921. The van der Waals surface area contributed by atoms with Gasteiger partial charge in [-0.25, -0.2) is 0 Å². The van der Waals surface area contributed by atoms with Gasteiger partial charge in [0.15, 0.2) is 23.0 Å². The maximum absolute atomic E-state index is 12.7. The zero-order valence-corrected chi connectivity index (χ0v) is 31.8. The molecule has 55 heavy (non-hydrogen) atoms. The maximum atomic E-state index is 12.7. The zero-order valence-electron chi connectivity index (χ0n) is 31.8. The van der Waals surface area contributed by atoms with Crippen molar-refractivity contribution in [2.24, 2.45) is 11.8 Å². The second-order valence-corrected chi connectivity index (χ2v) is 19.1. The summed E-state index contributed by atoms with van der Waals surface area (Å²) < 4.78 is 32.5. The molecule has 11 nitrogen and oxygen atoms in total. The average molecular weight is 757 g/mol. The van der Waals surface area contributed by atoms with Gasteiger partial charge in [-0.05, 0) is 125 Å². The number of benzene rings is 2. The van der Waals surface area contributed by atoms with E-state index in [4.69, 9.17) is 23.7 Å². The third-order valence-electron chi connectivity index (χ3n) is 16.5. The molecular formula is C44H56N2O9. The molecule has 4 unspecified atom stereocenters. The van der Waals surface area contributed by atoms with Crippen molar-refractivity contribution in [1.29, 1.82) is 0 Å². The van der Waals surface area contributed by atoms with E-state index in [0.29, 0.717) is 63.6 Å². The normalized spacial score (nSPS) is 41.7. The maximum Gasteiger partial charge on any atom is 0.165 e. The highest BCUT2D eigenvalue weighted by Gasteiger charge is 2.75. The van der Waals surface area contributed by atoms with Crippen LogP contribution < -0.4 is 9.47 Å². The van der Waals surface area contributed by atoms with Gasteiger partial charge >= 0.3 is 0 Å². The van der Waals surface area contributed by atoms with Crippen LogP contribution in [0.2, 0.25) is 0 Å². The molecule has 12 rings (SSSR count). The number of ether oxygens (including phenoxy) is 5. The third kappa shape index (κ3) is 4.58. The first-order chi connectivity index (χ1) is 26.7. The largest absolute Gasteiger partial charge is 0.504 e. The molecule has 296 valence electrons. The zero-order chi connectivity index (χ0) is 36.9. The summed E-state index contributed by atoms with van der Waals surface area (Å²) in [5, 5.41) is 47.4. The molecule has 6 fully saturated rings. The molecular weight excluding hydrogens is 700 g/mol. The van der Waals surface area contributed by atoms with Gasteiger partial charge in [0.2, 0.25) is 0 Å².